The van der Waals surface area contributed by atoms with E-state index in [1.807, 2.05) is 75.4 Å². The van der Waals surface area contributed by atoms with Gasteiger partial charge >= 0.3 is 6.09 Å². The van der Waals surface area contributed by atoms with Gasteiger partial charge in [0, 0.05) is 17.3 Å². The first-order valence-electron chi connectivity index (χ1n) is 15.4. The first-order chi connectivity index (χ1) is 20.7. The number of fused-ring (bicyclic) bond motifs is 1. The molecule has 3 rings (SSSR count). The monoisotopic (exact) mass is 597 g/mol. The van der Waals surface area contributed by atoms with Crippen molar-refractivity contribution in [3.05, 3.63) is 77.9 Å². The zero-order valence-electron chi connectivity index (χ0n) is 27.3. The average molecular weight is 598 g/mol. The molecule has 0 aliphatic carbocycles. The molecule has 44 heavy (non-hydrogen) atoms. The molecule has 7 nitrogen and oxygen atoms in total. The van der Waals surface area contributed by atoms with E-state index in [-0.39, 0.29) is 17.9 Å². The number of amides is 3. The van der Waals surface area contributed by atoms with Crippen LogP contribution in [0.5, 0.6) is 0 Å². The van der Waals surface area contributed by atoms with E-state index in [0.717, 1.165) is 17.2 Å². The lowest BCUT2D eigenvalue weighted by molar-refractivity contribution is -0.144. The van der Waals surface area contributed by atoms with E-state index in [1.54, 1.807) is 37.8 Å². The summed E-state index contributed by atoms with van der Waals surface area (Å²) in [6, 6.07) is 18.4. The number of terminal acetylenes is 1. The van der Waals surface area contributed by atoms with E-state index >= 15 is 0 Å². The molecule has 3 aromatic carbocycles. The molecule has 0 heterocycles. The lowest BCUT2D eigenvalue weighted by Crippen LogP contribution is -2.56. The molecule has 3 aromatic rings. The second-order valence-corrected chi connectivity index (χ2v) is 13.1. The molecule has 3 atom stereocenters. The summed E-state index contributed by atoms with van der Waals surface area (Å²) in [6.45, 7) is 15.2. The summed E-state index contributed by atoms with van der Waals surface area (Å²) < 4.78 is 5.50. The van der Waals surface area contributed by atoms with Crippen molar-refractivity contribution in [2.24, 2.45) is 11.8 Å². The Morgan fingerprint density at radius 2 is 1.52 bits per heavy atom. The van der Waals surface area contributed by atoms with Gasteiger partial charge < -0.3 is 20.3 Å². The Kier molecular flexibility index (Phi) is 11.6. The molecule has 0 bridgehead atoms. The van der Waals surface area contributed by atoms with Gasteiger partial charge in [-0.05, 0) is 86.9 Å². The van der Waals surface area contributed by atoms with E-state index in [2.05, 4.69) is 30.4 Å². The number of alkyl carbamates (subject to hydrolysis) is 1. The summed E-state index contributed by atoms with van der Waals surface area (Å²) in [6.07, 6.45) is 6.73. The van der Waals surface area contributed by atoms with Crippen LogP contribution in [0.2, 0.25) is 0 Å². The van der Waals surface area contributed by atoms with Crippen molar-refractivity contribution >= 4 is 34.4 Å². The number of anilines is 1. The molecule has 0 radical (unpaired) electrons. The Balaban J connectivity index is 2.14. The van der Waals surface area contributed by atoms with Crippen molar-refractivity contribution in [2.75, 3.05) is 5.32 Å². The van der Waals surface area contributed by atoms with Crippen LogP contribution in [0.15, 0.2) is 66.7 Å². The lowest BCUT2D eigenvalue weighted by atomic mass is 9.93. The Morgan fingerprint density at radius 3 is 2.14 bits per heavy atom. The van der Waals surface area contributed by atoms with Gasteiger partial charge in [-0.15, -0.1) is 6.42 Å². The van der Waals surface area contributed by atoms with Gasteiger partial charge in [0.1, 0.15) is 17.7 Å². The SMILES string of the molecule is C#Cc1ccccc1C(C(=O)Nc1ccc2ccccc2c1)N(C(=O)C(NC(=O)OC(C)(C)C)C(C)C)C(C)CCC(C)C. The largest absolute Gasteiger partial charge is 0.444 e. The number of nitrogens with zero attached hydrogens (tertiary/aromatic N) is 1. The number of nitrogens with one attached hydrogen (secondary N) is 2. The summed E-state index contributed by atoms with van der Waals surface area (Å²) in [7, 11) is 0. The van der Waals surface area contributed by atoms with Crippen LogP contribution in [-0.2, 0) is 14.3 Å². The molecule has 0 aliphatic rings. The van der Waals surface area contributed by atoms with Crippen molar-refractivity contribution in [1.29, 1.82) is 0 Å². The highest BCUT2D eigenvalue weighted by molar-refractivity contribution is 6.01. The van der Waals surface area contributed by atoms with Crippen molar-refractivity contribution in [3.8, 4) is 12.3 Å². The van der Waals surface area contributed by atoms with Gasteiger partial charge in [0.25, 0.3) is 5.91 Å². The fourth-order valence-corrected chi connectivity index (χ4v) is 5.18. The van der Waals surface area contributed by atoms with Crippen molar-refractivity contribution in [3.63, 3.8) is 0 Å². The second kappa shape index (κ2) is 14.9. The summed E-state index contributed by atoms with van der Waals surface area (Å²) >= 11 is 0. The van der Waals surface area contributed by atoms with Gasteiger partial charge in [0.05, 0.1) is 0 Å². The zero-order chi connectivity index (χ0) is 32.6. The Bertz CT molecular complexity index is 1500. The fourth-order valence-electron chi connectivity index (χ4n) is 5.18. The highest BCUT2D eigenvalue weighted by Gasteiger charge is 2.40. The van der Waals surface area contributed by atoms with Crippen LogP contribution in [0.3, 0.4) is 0 Å². The van der Waals surface area contributed by atoms with Gasteiger partial charge in [-0.25, -0.2) is 4.79 Å². The molecule has 0 aromatic heterocycles. The minimum atomic E-state index is -1.06. The maximum absolute atomic E-state index is 14.6. The molecule has 0 aliphatic heterocycles. The fraction of sp³-hybridized carbons (Fsp3) is 0.432. The molecule has 0 saturated heterocycles. The van der Waals surface area contributed by atoms with Crippen LogP contribution in [-0.4, -0.2) is 40.5 Å². The maximum atomic E-state index is 14.6. The van der Waals surface area contributed by atoms with E-state index < -0.39 is 29.7 Å². The minimum Gasteiger partial charge on any atom is -0.444 e. The van der Waals surface area contributed by atoms with E-state index in [0.29, 0.717) is 29.2 Å². The summed E-state index contributed by atoms with van der Waals surface area (Å²) in [5.74, 6) is 2.02. The molecule has 3 unspecified atom stereocenters. The van der Waals surface area contributed by atoms with Crippen LogP contribution < -0.4 is 10.6 Å². The molecule has 3 amide bonds. The molecule has 2 N–H and O–H groups in total. The molecular weight excluding hydrogens is 550 g/mol. The summed E-state index contributed by atoms with van der Waals surface area (Å²) in [5.41, 5.74) is 0.915. The third-order valence-corrected chi connectivity index (χ3v) is 7.45. The molecule has 7 heteroatoms. The Labute approximate surface area is 262 Å². The maximum Gasteiger partial charge on any atom is 0.408 e. The van der Waals surface area contributed by atoms with Crippen LogP contribution in [0.4, 0.5) is 10.5 Å². The molecule has 0 fully saturated rings. The quantitative estimate of drug-likeness (QED) is 0.222. The first-order valence-corrected chi connectivity index (χ1v) is 15.4. The van der Waals surface area contributed by atoms with Crippen LogP contribution in [0.25, 0.3) is 10.8 Å². The van der Waals surface area contributed by atoms with Gasteiger partial charge in [0.15, 0.2) is 0 Å². The normalized spacial score (nSPS) is 13.6. The zero-order valence-corrected chi connectivity index (χ0v) is 27.3. The predicted octanol–water partition coefficient (Wildman–Crippen LogP) is 7.70. The standard InChI is InChI=1S/C37H47N3O4/c1-10-27-15-13-14-18-31(27)33(34(41)38-30-22-21-28-16-11-12-17-29(28)23-30)40(26(6)20-19-24(2)3)35(42)32(25(4)5)39-36(43)44-37(7,8)9/h1,11-18,21-26,32-33H,19-20H2,2-9H3,(H,38,41)(H,39,43). The highest BCUT2D eigenvalue weighted by atomic mass is 16.6. The summed E-state index contributed by atoms with van der Waals surface area (Å²) in [4.78, 5) is 43.6. The van der Waals surface area contributed by atoms with Gasteiger partial charge in [0.2, 0.25) is 5.91 Å². The second-order valence-electron chi connectivity index (χ2n) is 13.1. The summed E-state index contributed by atoms with van der Waals surface area (Å²) in [5, 5.41) is 7.88. The van der Waals surface area contributed by atoms with Gasteiger partial charge in [-0.2, -0.15) is 0 Å². The smallest absolute Gasteiger partial charge is 0.408 e. The van der Waals surface area contributed by atoms with Crippen molar-refractivity contribution in [1.82, 2.24) is 10.2 Å². The third kappa shape index (κ3) is 9.09. The molecule has 0 saturated carbocycles. The number of benzene rings is 3. The van der Waals surface area contributed by atoms with Crippen LogP contribution in [0.1, 0.15) is 85.4 Å². The average Bonchev–Trinajstić information content (AvgIpc) is 2.95. The van der Waals surface area contributed by atoms with Crippen molar-refractivity contribution < 1.29 is 19.1 Å². The lowest BCUT2D eigenvalue weighted by Gasteiger charge is -2.40. The van der Waals surface area contributed by atoms with Crippen molar-refractivity contribution in [2.45, 2.75) is 92.0 Å². The number of ether oxygens (including phenoxy) is 1. The van der Waals surface area contributed by atoms with E-state index in [9.17, 15) is 14.4 Å². The van der Waals surface area contributed by atoms with E-state index in [4.69, 9.17) is 11.2 Å². The number of rotatable bonds is 11. The number of carbonyl (C=O) groups is 3. The van der Waals surface area contributed by atoms with Gasteiger partial charge in [-0.1, -0.05) is 82.1 Å². The van der Waals surface area contributed by atoms with Crippen LogP contribution in [0, 0.1) is 24.2 Å². The third-order valence-electron chi connectivity index (χ3n) is 7.45. The Hall–Kier alpha value is -4.31. The topological polar surface area (TPSA) is 87.7 Å². The molecule has 234 valence electrons. The number of carbonyl (C=O) groups excluding carboxylic acids is 3. The van der Waals surface area contributed by atoms with Gasteiger partial charge in [-0.3, -0.25) is 9.59 Å². The molecule has 0 spiro atoms. The number of hydrogen-bond acceptors (Lipinski definition) is 4. The minimum absolute atomic E-state index is 0.290. The van der Waals surface area contributed by atoms with E-state index in [1.165, 1.54) is 0 Å². The highest BCUT2D eigenvalue weighted by Crippen LogP contribution is 2.32. The van der Waals surface area contributed by atoms with Crippen LogP contribution >= 0.6 is 0 Å². The Morgan fingerprint density at radius 1 is 0.886 bits per heavy atom. The number of hydrogen-bond donors (Lipinski definition) is 2. The molecular formula is C37H47N3O4. The first kappa shape index (κ1) is 34.2. The predicted molar refractivity (Wildman–Crippen MR) is 178 cm³/mol.